The highest BCUT2D eigenvalue weighted by Crippen LogP contribution is 2.52. The van der Waals surface area contributed by atoms with Crippen molar-refractivity contribution < 1.29 is 4.92 Å². The first-order chi connectivity index (χ1) is 7.22. The van der Waals surface area contributed by atoms with Gasteiger partial charge in [0.25, 0.3) is 0 Å². The first kappa shape index (κ1) is 8.71. The van der Waals surface area contributed by atoms with Crippen molar-refractivity contribution in [2.45, 2.75) is 12.0 Å². The average molecular weight is 204 g/mol. The lowest BCUT2D eigenvalue weighted by Gasteiger charge is -2.19. The van der Waals surface area contributed by atoms with E-state index in [9.17, 15) is 10.1 Å². The van der Waals surface area contributed by atoms with Crippen LogP contribution < -0.4 is 4.90 Å². The summed E-state index contributed by atoms with van der Waals surface area (Å²) in [7, 11) is 0. The van der Waals surface area contributed by atoms with Gasteiger partial charge in [0.2, 0.25) is 5.54 Å². The summed E-state index contributed by atoms with van der Waals surface area (Å²) in [5.74, 6) is 0.271. The lowest BCUT2D eigenvalue weighted by atomic mass is 10.2. The van der Waals surface area contributed by atoms with Gasteiger partial charge in [-0.25, -0.2) is 0 Å². The lowest BCUT2D eigenvalue weighted by molar-refractivity contribution is -0.536. The molecule has 0 N–H and O–H groups in total. The maximum Gasteiger partial charge on any atom is 0.244 e. The van der Waals surface area contributed by atoms with Crippen LogP contribution in [0.5, 0.6) is 0 Å². The van der Waals surface area contributed by atoms with Gasteiger partial charge < -0.3 is 4.90 Å². The van der Waals surface area contributed by atoms with Gasteiger partial charge in [-0.15, -0.1) is 0 Å². The van der Waals surface area contributed by atoms with Gasteiger partial charge in [0.15, 0.2) is 0 Å². The number of nitro groups is 1. The summed E-state index contributed by atoms with van der Waals surface area (Å²) < 4.78 is 0. The smallest absolute Gasteiger partial charge is 0.244 e. The molecule has 1 saturated carbocycles. The summed E-state index contributed by atoms with van der Waals surface area (Å²) in [6.07, 6.45) is 0.767. The van der Waals surface area contributed by atoms with Crippen LogP contribution in [0.15, 0.2) is 30.3 Å². The Morgan fingerprint density at radius 1 is 1.40 bits per heavy atom. The van der Waals surface area contributed by atoms with Gasteiger partial charge in [0.1, 0.15) is 0 Å². The minimum Gasteiger partial charge on any atom is -0.364 e. The fourth-order valence-corrected chi connectivity index (χ4v) is 2.57. The Hall–Kier alpha value is -1.58. The predicted molar refractivity (Wildman–Crippen MR) is 56.5 cm³/mol. The fourth-order valence-electron chi connectivity index (χ4n) is 2.57. The molecule has 0 radical (unpaired) electrons. The Kier molecular flexibility index (Phi) is 1.58. The second-order valence-electron chi connectivity index (χ2n) is 4.48. The van der Waals surface area contributed by atoms with Crippen LogP contribution >= 0.6 is 0 Å². The molecule has 4 heteroatoms. The van der Waals surface area contributed by atoms with Gasteiger partial charge >= 0.3 is 0 Å². The normalized spacial score (nSPS) is 32.5. The van der Waals surface area contributed by atoms with Crippen molar-refractivity contribution in [3.63, 3.8) is 0 Å². The zero-order valence-electron chi connectivity index (χ0n) is 8.30. The van der Waals surface area contributed by atoms with Crippen molar-refractivity contribution in [2.24, 2.45) is 5.92 Å². The molecule has 78 valence electrons. The first-order valence-electron chi connectivity index (χ1n) is 5.17. The molecule has 1 aliphatic carbocycles. The number of piperidine rings is 1. The number of para-hydroxylation sites is 1. The molecule has 0 spiro atoms. The SMILES string of the molecule is O=[N+]([O-])C12CC1CN(c1ccccc1)C2. The van der Waals surface area contributed by atoms with E-state index in [1.807, 2.05) is 30.3 Å². The van der Waals surface area contributed by atoms with Crippen LogP contribution in [0, 0.1) is 16.0 Å². The quantitative estimate of drug-likeness (QED) is 0.542. The zero-order valence-corrected chi connectivity index (χ0v) is 8.30. The highest BCUT2D eigenvalue weighted by molar-refractivity contribution is 5.49. The second-order valence-corrected chi connectivity index (χ2v) is 4.48. The molecule has 0 amide bonds. The minimum atomic E-state index is -0.615. The Morgan fingerprint density at radius 2 is 2.13 bits per heavy atom. The molecule has 2 atom stereocenters. The summed E-state index contributed by atoms with van der Waals surface area (Å²) in [6.45, 7) is 1.42. The molecule has 2 unspecified atom stereocenters. The predicted octanol–water partition coefficient (Wildman–Crippen LogP) is 1.54. The highest BCUT2D eigenvalue weighted by Gasteiger charge is 2.71. The highest BCUT2D eigenvalue weighted by atomic mass is 16.6. The fraction of sp³-hybridized carbons (Fsp3) is 0.455. The molecular formula is C11H12N2O2. The molecule has 1 aromatic carbocycles. The van der Waals surface area contributed by atoms with Gasteiger partial charge in [-0.3, -0.25) is 10.1 Å². The number of rotatable bonds is 2. The number of benzene rings is 1. The molecule has 3 rings (SSSR count). The first-order valence-corrected chi connectivity index (χ1v) is 5.17. The molecule has 4 nitrogen and oxygen atoms in total. The van der Waals surface area contributed by atoms with E-state index in [1.165, 1.54) is 0 Å². The molecular weight excluding hydrogens is 192 g/mol. The van der Waals surface area contributed by atoms with Crippen molar-refractivity contribution in [1.29, 1.82) is 0 Å². The van der Waals surface area contributed by atoms with Gasteiger partial charge in [-0.2, -0.15) is 0 Å². The van der Waals surface area contributed by atoms with E-state index in [0.717, 1.165) is 18.7 Å². The molecule has 1 aliphatic heterocycles. The second kappa shape index (κ2) is 2.72. The number of anilines is 1. The maximum absolute atomic E-state index is 10.9. The van der Waals surface area contributed by atoms with E-state index in [0.29, 0.717) is 6.54 Å². The van der Waals surface area contributed by atoms with Crippen LogP contribution in [0.2, 0.25) is 0 Å². The summed E-state index contributed by atoms with van der Waals surface area (Å²) in [5.41, 5.74) is 0.487. The largest absolute Gasteiger partial charge is 0.364 e. The molecule has 0 bridgehead atoms. The van der Waals surface area contributed by atoms with Crippen LogP contribution in [-0.2, 0) is 0 Å². The monoisotopic (exact) mass is 204 g/mol. The Labute approximate surface area is 87.7 Å². The standard InChI is InChI=1S/C11H12N2O2/c14-13(15)11-6-9(11)7-12(8-11)10-4-2-1-3-5-10/h1-5,9H,6-8H2. The molecule has 2 aliphatic rings. The number of nitrogens with zero attached hydrogens (tertiary/aromatic N) is 2. The molecule has 1 saturated heterocycles. The molecule has 1 aromatic rings. The summed E-state index contributed by atoms with van der Waals surface area (Å²) >= 11 is 0. The van der Waals surface area contributed by atoms with Crippen LogP contribution in [0.4, 0.5) is 5.69 Å². The third-order valence-corrected chi connectivity index (χ3v) is 3.59. The molecule has 1 heterocycles. The van der Waals surface area contributed by atoms with Crippen LogP contribution in [-0.4, -0.2) is 23.6 Å². The maximum atomic E-state index is 10.9. The van der Waals surface area contributed by atoms with E-state index in [1.54, 1.807) is 0 Å². The van der Waals surface area contributed by atoms with Crippen LogP contribution in [0.1, 0.15) is 6.42 Å². The Morgan fingerprint density at radius 3 is 2.73 bits per heavy atom. The minimum absolute atomic E-state index is 0.0827. The van der Waals surface area contributed by atoms with Crippen LogP contribution in [0.3, 0.4) is 0 Å². The Balaban J connectivity index is 1.82. The number of fused-ring (bicyclic) bond motifs is 1. The van der Waals surface area contributed by atoms with Gasteiger partial charge in [0.05, 0.1) is 12.5 Å². The summed E-state index contributed by atoms with van der Waals surface area (Å²) in [5, 5.41) is 10.9. The van der Waals surface area contributed by atoms with E-state index in [4.69, 9.17) is 0 Å². The van der Waals surface area contributed by atoms with Gasteiger partial charge in [-0.1, -0.05) is 18.2 Å². The Bertz CT molecular complexity index is 406. The third kappa shape index (κ3) is 1.14. The zero-order chi connectivity index (χ0) is 10.5. The molecule has 0 aromatic heterocycles. The van der Waals surface area contributed by atoms with Gasteiger partial charge in [-0.05, 0) is 12.1 Å². The van der Waals surface area contributed by atoms with E-state index >= 15 is 0 Å². The third-order valence-electron chi connectivity index (χ3n) is 3.59. The molecule has 15 heavy (non-hydrogen) atoms. The topological polar surface area (TPSA) is 46.4 Å². The lowest BCUT2D eigenvalue weighted by Crippen LogP contribution is -2.32. The van der Waals surface area contributed by atoms with Crippen molar-refractivity contribution >= 4 is 5.69 Å². The van der Waals surface area contributed by atoms with Crippen molar-refractivity contribution in [3.8, 4) is 0 Å². The summed E-state index contributed by atoms with van der Waals surface area (Å²) in [6, 6.07) is 9.93. The summed E-state index contributed by atoms with van der Waals surface area (Å²) in [4.78, 5) is 13.0. The van der Waals surface area contributed by atoms with E-state index < -0.39 is 5.54 Å². The van der Waals surface area contributed by atoms with E-state index in [-0.39, 0.29) is 10.8 Å². The van der Waals surface area contributed by atoms with Crippen molar-refractivity contribution in [3.05, 3.63) is 40.4 Å². The number of hydrogen-bond donors (Lipinski definition) is 0. The van der Waals surface area contributed by atoms with Crippen LogP contribution in [0.25, 0.3) is 0 Å². The van der Waals surface area contributed by atoms with Crippen molar-refractivity contribution in [1.82, 2.24) is 0 Å². The van der Waals surface area contributed by atoms with E-state index in [2.05, 4.69) is 4.90 Å². The van der Waals surface area contributed by atoms with Gasteiger partial charge in [0, 0.05) is 23.6 Å². The van der Waals surface area contributed by atoms with Crippen molar-refractivity contribution in [2.75, 3.05) is 18.0 Å². The average Bonchev–Trinajstić information content (AvgIpc) is 2.84. The molecule has 2 fully saturated rings. The number of hydrogen-bond acceptors (Lipinski definition) is 3.